The molecule has 0 aliphatic rings. The molecule has 20 heavy (non-hydrogen) atoms. The van der Waals surface area contributed by atoms with Gasteiger partial charge in [-0.25, -0.2) is 9.59 Å². The van der Waals surface area contributed by atoms with E-state index < -0.39 is 11.6 Å². The number of carbonyl (C=O) groups excluding carboxylic acids is 1. The number of hydrogen-bond acceptors (Lipinski definition) is 5. The zero-order valence-electron chi connectivity index (χ0n) is 11.0. The topological polar surface area (TPSA) is 69.4 Å². The minimum atomic E-state index is -0.524. The molecule has 0 fully saturated rings. The number of carbonyl (C=O) groups is 1. The number of aromatic nitrogens is 1. The van der Waals surface area contributed by atoms with Crippen molar-refractivity contribution >= 4 is 27.8 Å². The zero-order valence-corrected chi connectivity index (χ0v) is 11.0. The SMILES string of the molecule is COC(=O)c1cc2c(=O)oc3ccccc3c2nc1C. The third-order valence-corrected chi connectivity index (χ3v) is 3.18. The Morgan fingerprint density at radius 2 is 2.00 bits per heavy atom. The predicted octanol–water partition coefficient (Wildman–Crippen LogP) is 2.44. The number of para-hydroxylation sites is 1. The van der Waals surface area contributed by atoms with Crippen molar-refractivity contribution in [3.05, 3.63) is 52.0 Å². The largest absolute Gasteiger partial charge is 0.465 e. The van der Waals surface area contributed by atoms with Crippen molar-refractivity contribution in [2.24, 2.45) is 0 Å². The van der Waals surface area contributed by atoms with E-state index in [2.05, 4.69) is 9.72 Å². The summed E-state index contributed by atoms with van der Waals surface area (Å²) in [6.07, 6.45) is 0. The average Bonchev–Trinajstić information content (AvgIpc) is 2.46. The highest BCUT2D eigenvalue weighted by Crippen LogP contribution is 2.23. The van der Waals surface area contributed by atoms with Crippen LogP contribution in [0.15, 0.2) is 39.5 Å². The predicted molar refractivity (Wildman–Crippen MR) is 73.9 cm³/mol. The van der Waals surface area contributed by atoms with Crippen LogP contribution in [0.5, 0.6) is 0 Å². The first-order chi connectivity index (χ1) is 9.61. The molecule has 2 heterocycles. The van der Waals surface area contributed by atoms with Gasteiger partial charge in [-0.3, -0.25) is 4.98 Å². The molecular formula is C15H11NO4. The summed E-state index contributed by atoms with van der Waals surface area (Å²) in [7, 11) is 1.29. The molecule has 5 nitrogen and oxygen atoms in total. The summed E-state index contributed by atoms with van der Waals surface area (Å²) >= 11 is 0. The summed E-state index contributed by atoms with van der Waals surface area (Å²) in [5.41, 5.74) is 1.27. The Morgan fingerprint density at radius 3 is 2.75 bits per heavy atom. The van der Waals surface area contributed by atoms with Crippen LogP contribution in [0, 0.1) is 6.92 Å². The Labute approximate surface area is 113 Å². The van der Waals surface area contributed by atoms with Crippen molar-refractivity contribution in [1.29, 1.82) is 0 Å². The second-order valence-electron chi connectivity index (χ2n) is 4.39. The van der Waals surface area contributed by atoms with E-state index in [1.54, 1.807) is 19.1 Å². The maximum absolute atomic E-state index is 12.0. The zero-order chi connectivity index (χ0) is 14.3. The minimum absolute atomic E-state index is 0.266. The summed E-state index contributed by atoms with van der Waals surface area (Å²) < 4.78 is 9.92. The third-order valence-electron chi connectivity index (χ3n) is 3.18. The molecule has 2 aromatic heterocycles. The van der Waals surface area contributed by atoms with Gasteiger partial charge in [-0.15, -0.1) is 0 Å². The first-order valence-corrected chi connectivity index (χ1v) is 6.03. The second-order valence-corrected chi connectivity index (χ2v) is 4.39. The van der Waals surface area contributed by atoms with Crippen LogP contribution in [0.2, 0.25) is 0 Å². The molecule has 0 spiro atoms. The van der Waals surface area contributed by atoms with E-state index in [1.807, 2.05) is 12.1 Å². The molecule has 1 aromatic carbocycles. The van der Waals surface area contributed by atoms with Gasteiger partial charge in [-0.05, 0) is 25.1 Å². The monoisotopic (exact) mass is 269 g/mol. The maximum Gasteiger partial charge on any atom is 0.345 e. The highest BCUT2D eigenvalue weighted by atomic mass is 16.5. The van der Waals surface area contributed by atoms with Gasteiger partial charge in [0, 0.05) is 5.39 Å². The lowest BCUT2D eigenvalue weighted by molar-refractivity contribution is 0.0599. The molecule has 0 aliphatic carbocycles. The first-order valence-electron chi connectivity index (χ1n) is 6.03. The van der Waals surface area contributed by atoms with E-state index in [0.717, 1.165) is 5.39 Å². The fourth-order valence-corrected chi connectivity index (χ4v) is 2.19. The number of hydrogen-bond donors (Lipinski definition) is 0. The number of rotatable bonds is 1. The number of methoxy groups -OCH3 is 1. The Bertz CT molecular complexity index is 895. The van der Waals surface area contributed by atoms with Crippen LogP contribution in [0.3, 0.4) is 0 Å². The van der Waals surface area contributed by atoms with Crippen LogP contribution in [0.4, 0.5) is 0 Å². The first kappa shape index (κ1) is 12.3. The molecule has 0 aliphatic heterocycles. The van der Waals surface area contributed by atoms with Gasteiger partial charge in [0.25, 0.3) is 0 Å². The Hall–Kier alpha value is -2.69. The number of esters is 1. The summed E-state index contributed by atoms with van der Waals surface area (Å²) in [4.78, 5) is 28.0. The Morgan fingerprint density at radius 1 is 1.25 bits per heavy atom. The molecular weight excluding hydrogens is 258 g/mol. The van der Waals surface area contributed by atoms with Gasteiger partial charge in [-0.1, -0.05) is 12.1 Å². The van der Waals surface area contributed by atoms with E-state index in [0.29, 0.717) is 16.8 Å². The fraction of sp³-hybridized carbons (Fsp3) is 0.133. The lowest BCUT2D eigenvalue weighted by Crippen LogP contribution is -2.09. The van der Waals surface area contributed by atoms with Gasteiger partial charge in [0.1, 0.15) is 5.58 Å². The van der Waals surface area contributed by atoms with Crippen LogP contribution in [-0.4, -0.2) is 18.1 Å². The van der Waals surface area contributed by atoms with Gasteiger partial charge in [0.2, 0.25) is 0 Å². The quantitative estimate of drug-likeness (QED) is 0.385. The van der Waals surface area contributed by atoms with Crippen molar-refractivity contribution in [1.82, 2.24) is 4.98 Å². The molecule has 3 rings (SSSR count). The summed E-state index contributed by atoms with van der Waals surface area (Å²) in [5, 5.41) is 1.01. The van der Waals surface area contributed by atoms with Crippen LogP contribution in [-0.2, 0) is 4.74 Å². The molecule has 0 amide bonds. The average molecular weight is 269 g/mol. The van der Waals surface area contributed by atoms with Gasteiger partial charge in [-0.2, -0.15) is 0 Å². The summed E-state index contributed by atoms with van der Waals surface area (Å²) in [6, 6.07) is 8.63. The second kappa shape index (κ2) is 4.45. The number of nitrogens with zero attached hydrogens (tertiary/aromatic N) is 1. The van der Waals surface area contributed by atoms with E-state index in [-0.39, 0.29) is 10.9 Å². The van der Waals surface area contributed by atoms with E-state index in [9.17, 15) is 9.59 Å². The Balaban J connectivity index is 2.48. The number of ether oxygens (including phenoxy) is 1. The highest BCUT2D eigenvalue weighted by molar-refractivity contribution is 6.04. The fourth-order valence-electron chi connectivity index (χ4n) is 2.19. The number of fused-ring (bicyclic) bond motifs is 3. The molecule has 100 valence electrons. The Kier molecular flexibility index (Phi) is 2.75. The standard InChI is InChI=1S/C15H11NO4/c1-8-10(14(17)19-2)7-11-13(16-8)9-5-3-4-6-12(9)20-15(11)18/h3-7H,1-2H3. The molecule has 3 aromatic rings. The van der Waals surface area contributed by atoms with Crippen molar-refractivity contribution < 1.29 is 13.9 Å². The van der Waals surface area contributed by atoms with E-state index >= 15 is 0 Å². The lowest BCUT2D eigenvalue weighted by atomic mass is 10.1. The van der Waals surface area contributed by atoms with Crippen molar-refractivity contribution in [2.75, 3.05) is 7.11 Å². The molecule has 5 heteroatoms. The smallest absolute Gasteiger partial charge is 0.345 e. The highest BCUT2D eigenvalue weighted by Gasteiger charge is 2.16. The van der Waals surface area contributed by atoms with E-state index in [1.165, 1.54) is 13.2 Å². The summed E-state index contributed by atoms with van der Waals surface area (Å²) in [5.74, 6) is -0.524. The molecule has 0 unspecified atom stereocenters. The molecule has 0 saturated carbocycles. The van der Waals surface area contributed by atoms with Gasteiger partial charge >= 0.3 is 11.6 Å². The molecule has 0 radical (unpaired) electrons. The van der Waals surface area contributed by atoms with Gasteiger partial charge in [0.15, 0.2) is 0 Å². The number of pyridine rings is 1. The van der Waals surface area contributed by atoms with Crippen LogP contribution in [0.1, 0.15) is 16.1 Å². The van der Waals surface area contributed by atoms with Crippen molar-refractivity contribution in [3.63, 3.8) is 0 Å². The minimum Gasteiger partial charge on any atom is -0.465 e. The molecule has 0 bridgehead atoms. The van der Waals surface area contributed by atoms with Crippen molar-refractivity contribution in [3.8, 4) is 0 Å². The van der Waals surface area contributed by atoms with Gasteiger partial charge in [0.05, 0.1) is 29.3 Å². The van der Waals surface area contributed by atoms with Crippen LogP contribution < -0.4 is 5.63 Å². The van der Waals surface area contributed by atoms with Crippen molar-refractivity contribution in [2.45, 2.75) is 6.92 Å². The number of aryl methyl sites for hydroxylation is 1. The molecule has 0 N–H and O–H groups in total. The lowest BCUT2D eigenvalue weighted by Gasteiger charge is -2.06. The van der Waals surface area contributed by atoms with E-state index in [4.69, 9.17) is 4.42 Å². The third kappa shape index (κ3) is 1.75. The van der Waals surface area contributed by atoms with Crippen LogP contribution >= 0.6 is 0 Å². The normalized spacial score (nSPS) is 10.9. The molecule has 0 atom stereocenters. The summed E-state index contributed by atoms with van der Waals surface area (Å²) in [6.45, 7) is 1.70. The molecule has 0 saturated heterocycles. The van der Waals surface area contributed by atoms with Gasteiger partial charge < -0.3 is 9.15 Å². The number of benzene rings is 1. The maximum atomic E-state index is 12.0. The van der Waals surface area contributed by atoms with Crippen LogP contribution in [0.25, 0.3) is 21.9 Å².